The number of hydrogen-bond acceptors (Lipinski definition) is 4. The maximum atomic E-state index is 13.5. The third-order valence-corrected chi connectivity index (χ3v) is 4.66. The average Bonchev–Trinajstić information content (AvgIpc) is 2.93. The van der Waals surface area contributed by atoms with Crippen molar-refractivity contribution >= 4 is 22.6 Å². The highest BCUT2D eigenvalue weighted by Gasteiger charge is 2.25. The molecule has 0 radical (unpaired) electrons. The summed E-state index contributed by atoms with van der Waals surface area (Å²) in [5, 5.41) is 5.23. The summed E-state index contributed by atoms with van der Waals surface area (Å²) in [5.74, 6) is -0.0400. The van der Waals surface area contributed by atoms with Crippen LogP contribution in [-0.2, 0) is 11.3 Å². The van der Waals surface area contributed by atoms with Crippen molar-refractivity contribution in [1.29, 1.82) is 0 Å². The van der Waals surface area contributed by atoms with Gasteiger partial charge in [-0.1, -0.05) is 18.2 Å². The number of benzene rings is 1. The smallest absolute Gasteiger partial charge is 0.259 e. The molecule has 0 aliphatic carbocycles. The van der Waals surface area contributed by atoms with Gasteiger partial charge in [-0.05, 0) is 32.9 Å². The molecule has 0 spiro atoms. The fourth-order valence-corrected chi connectivity index (χ4v) is 3.41. The van der Waals surface area contributed by atoms with Crippen LogP contribution in [0.4, 0.5) is 5.69 Å². The molecule has 26 heavy (non-hydrogen) atoms. The van der Waals surface area contributed by atoms with Gasteiger partial charge in [0.15, 0.2) is 5.65 Å². The first kappa shape index (κ1) is 16.7. The van der Waals surface area contributed by atoms with Gasteiger partial charge in [-0.3, -0.25) is 4.79 Å². The van der Waals surface area contributed by atoms with Crippen molar-refractivity contribution in [3.8, 4) is 0 Å². The maximum absolute atomic E-state index is 13.5. The fourth-order valence-electron chi connectivity index (χ4n) is 3.41. The molecule has 1 aliphatic rings. The number of ether oxygens (including phenoxy) is 1. The van der Waals surface area contributed by atoms with E-state index in [0.29, 0.717) is 25.3 Å². The highest BCUT2D eigenvalue weighted by atomic mass is 16.5. The fraction of sp³-hybridized carbons (Fsp3) is 0.350. The second kappa shape index (κ2) is 6.53. The third kappa shape index (κ3) is 2.76. The topological polar surface area (TPSA) is 60.3 Å². The zero-order valence-electron chi connectivity index (χ0n) is 15.3. The van der Waals surface area contributed by atoms with Crippen LogP contribution in [0.1, 0.15) is 41.5 Å². The molecule has 6 heteroatoms. The summed E-state index contributed by atoms with van der Waals surface area (Å²) in [6.07, 6.45) is 1.75. The number of para-hydroxylation sites is 1. The van der Waals surface area contributed by atoms with Gasteiger partial charge in [-0.25, -0.2) is 9.67 Å². The van der Waals surface area contributed by atoms with Crippen LogP contribution in [0.25, 0.3) is 11.0 Å². The monoisotopic (exact) mass is 350 g/mol. The number of hydrogen-bond donors (Lipinski definition) is 0. The van der Waals surface area contributed by atoms with Crippen LogP contribution in [0.15, 0.2) is 36.5 Å². The van der Waals surface area contributed by atoms with E-state index in [2.05, 4.69) is 23.9 Å². The minimum Gasteiger partial charge on any atom is -0.375 e. The molecule has 3 aromatic rings. The van der Waals surface area contributed by atoms with Crippen LogP contribution < -0.4 is 4.90 Å². The van der Waals surface area contributed by atoms with Crippen LogP contribution >= 0.6 is 0 Å². The van der Waals surface area contributed by atoms with E-state index >= 15 is 0 Å². The lowest BCUT2D eigenvalue weighted by atomic mass is 10.1. The number of pyridine rings is 1. The van der Waals surface area contributed by atoms with Gasteiger partial charge < -0.3 is 9.64 Å². The van der Waals surface area contributed by atoms with Crippen molar-refractivity contribution in [2.24, 2.45) is 0 Å². The van der Waals surface area contributed by atoms with Crippen molar-refractivity contribution < 1.29 is 9.53 Å². The zero-order chi connectivity index (χ0) is 18.3. The van der Waals surface area contributed by atoms with E-state index in [-0.39, 0.29) is 11.9 Å². The SMILES string of the molecule is Cc1cc(C(=O)N2CCOCc3ccccc32)c2cnn(C(C)C)c2n1. The van der Waals surface area contributed by atoms with Crippen molar-refractivity contribution in [1.82, 2.24) is 14.8 Å². The number of aromatic nitrogens is 3. The lowest BCUT2D eigenvalue weighted by Crippen LogP contribution is -2.33. The summed E-state index contributed by atoms with van der Waals surface area (Å²) in [5.41, 5.74) is 4.13. The van der Waals surface area contributed by atoms with Gasteiger partial charge in [0.05, 0.1) is 30.4 Å². The maximum Gasteiger partial charge on any atom is 0.259 e. The first-order valence-corrected chi connectivity index (χ1v) is 8.88. The van der Waals surface area contributed by atoms with E-state index in [0.717, 1.165) is 28.0 Å². The number of nitrogens with zero attached hydrogens (tertiary/aromatic N) is 4. The van der Waals surface area contributed by atoms with Crippen LogP contribution in [-0.4, -0.2) is 33.8 Å². The van der Waals surface area contributed by atoms with E-state index in [1.807, 2.05) is 46.8 Å². The molecule has 0 atom stereocenters. The Labute approximate surface area is 152 Å². The lowest BCUT2D eigenvalue weighted by Gasteiger charge is -2.22. The number of carbonyl (C=O) groups excluding carboxylic acids is 1. The Morgan fingerprint density at radius 2 is 2.08 bits per heavy atom. The van der Waals surface area contributed by atoms with Crippen molar-refractivity contribution in [2.75, 3.05) is 18.1 Å². The van der Waals surface area contributed by atoms with Crippen LogP contribution in [0.3, 0.4) is 0 Å². The Bertz CT molecular complexity index is 977. The van der Waals surface area contributed by atoms with Crippen LogP contribution in [0, 0.1) is 6.92 Å². The summed E-state index contributed by atoms with van der Waals surface area (Å²) in [6.45, 7) is 7.58. The zero-order valence-corrected chi connectivity index (χ0v) is 15.3. The van der Waals surface area contributed by atoms with E-state index in [9.17, 15) is 4.79 Å². The molecule has 0 unspecified atom stereocenters. The molecule has 0 saturated carbocycles. The van der Waals surface area contributed by atoms with Gasteiger partial charge in [0.1, 0.15) is 0 Å². The van der Waals surface area contributed by atoms with Crippen molar-refractivity contribution in [3.05, 3.63) is 53.3 Å². The summed E-state index contributed by atoms with van der Waals surface area (Å²) < 4.78 is 7.52. The predicted molar refractivity (Wildman–Crippen MR) is 100 cm³/mol. The molecule has 0 saturated heterocycles. The van der Waals surface area contributed by atoms with E-state index in [1.54, 1.807) is 6.20 Å². The molecule has 1 amide bonds. The number of anilines is 1. The molecular weight excluding hydrogens is 328 g/mol. The Balaban J connectivity index is 1.84. The van der Waals surface area contributed by atoms with Gasteiger partial charge in [0.2, 0.25) is 0 Å². The number of aryl methyl sites for hydroxylation is 1. The molecule has 4 rings (SSSR count). The summed E-state index contributed by atoms with van der Waals surface area (Å²) >= 11 is 0. The molecule has 0 fully saturated rings. The van der Waals surface area contributed by atoms with Gasteiger partial charge in [-0.2, -0.15) is 5.10 Å². The molecular formula is C20H22N4O2. The van der Waals surface area contributed by atoms with Crippen molar-refractivity contribution in [3.63, 3.8) is 0 Å². The standard InChI is InChI=1S/C20H22N4O2/c1-13(2)24-19-17(11-21-24)16(10-14(3)22-19)20(25)23-8-9-26-12-15-6-4-5-7-18(15)23/h4-7,10-11,13H,8-9,12H2,1-3H3. The highest BCUT2D eigenvalue weighted by molar-refractivity contribution is 6.13. The van der Waals surface area contributed by atoms with Crippen molar-refractivity contribution in [2.45, 2.75) is 33.4 Å². The quantitative estimate of drug-likeness (QED) is 0.710. The Kier molecular flexibility index (Phi) is 4.20. The van der Waals surface area contributed by atoms with Crippen LogP contribution in [0.2, 0.25) is 0 Å². The minimum absolute atomic E-state index is 0.0400. The second-order valence-electron chi connectivity index (χ2n) is 6.87. The average molecular weight is 350 g/mol. The molecule has 6 nitrogen and oxygen atoms in total. The summed E-state index contributed by atoms with van der Waals surface area (Å²) in [4.78, 5) is 19.9. The number of amides is 1. The molecule has 134 valence electrons. The third-order valence-electron chi connectivity index (χ3n) is 4.66. The van der Waals surface area contributed by atoms with Gasteiger partial charge >= 0.3 is 0 Å². The van der Waals surface area contributed by atoms with E-state index < -0.39 is 0 Å². The molecule has 0 bridgehead atoms. The van der Waals surface area contributed by atoms with Gasteiger partial charge in [0.25, 0.3) is 5.91 Å². The normalized spacial score (nSPS) is 14.5. The van der Waals surface area contributed by atoms with Gasteiger partial charge in [-0.15, -0.1) is 0 Å². The minimum atomic E-state index is -0.0400. The summed E-state index contributed by atoms with van der Waals surface area (Å²) in [6, 6.07) is 9.94. The predicted octanol–water partition coefficient (Wildman–Crippen LogP) is 3.50. The molecule has 2 aromatic heterocycles. The van der Waals surface area contributed by atoms with Gasteiger partial charge in [0, 0.05) is 29.5 Å². The summed E-state index contributed by atoms with van der Waals surface area (Å²) in [7, 11) is 0. The number of fused-ring (bicyclic) bond motifs is 2. The first-order chi connectivity index (χ1) is 12.6. The van der Waals surface area contributed by atoms with E-state index in [4.69, 9.17) is 4.74 Å². The molecule has 3 heterocycles. The first-order valence-electron chi connectivity index (χ1n) is 8.88. The van der Waals surface area contributed by atoms with E-state index in [1.165, 1.54) is 0 Å². The largest absolute Gasteiger partial charge is 0.375 e. The Hall–Kier alpha value is -2.73. The highest BCUT2D eigenvalue weighted by Crippen LogP contribution is 2.28. The lowest BCUT2D eigenvalue weighted by molar-refractivity contribution is 0.0967. The number of rotatable bonds is 2. The second-order valence-corrected chi connectivity index (χ2v) is 6.87. The number of carbonyl (C=O) groups is 1. The molecule has 1 aromatic carbocycles. The Morgan fingerprint density at radius 1 is 1.27 bits per heavy atom. The Morgan fingerprint density at radius 3 is 2.88 bits per heavy atom. The van der Waals surface area contributed by atoms with Crippen LogP contribution in [0.5, 0.6) is 0 Å². The molecule has 0 N–H and O–H groups in total. The molecule has 1 aliphatic heterocycles.